The van der Waals surface area contributed by atoms with Gasteiger partial charge in [0.25, 0.3) is 11.1 Å². The van der Waals surface area contributed by atoms with E-state index in [9.17, 15) is 19.2 Å². The Bertz CT molecular complexity index is 1140. The number of hydrogen-bond acceptors (Lipinski definition) is 8. The van der Waals surface area contributed by atoms with Gasteiger partial charge in [0.2, 0.25) is 0 Å². The van der Waals surface area contributed by atoms with E-state index in [1.54, 1.807) is 75.4 Å². The molecular weight excluding hydrogens is 472 g/mol. The van der Waals surface area contributed by atoms with Gasteiger partial charge in [0.05, 0.1) is 12.0 Å². The molecule has 9 nitrogen and oxygen atoms in total. The van der Waals surface area contributed by atoms with Gasteiger partial charge in [-0.25, -0.2) is 9.59 Å². The Kier molecular flexibility index (Phi) is 8.18. The number of amides is 3. The van der Waals surface area contributed by atoms with Crippen LogP contribution in [0.25, 0.3) is 6.08 Å². The van der Waals surface area contributed by atoms with Crippen LogP contribution in [0, 0.1) is 0 Å². The number of methoxy groups -OCH3 is 1. The number of imide groups is 1. The molecule has 0 bridgehead atoms. The molecule has 0 aliphatic carbocycles. The van der Waals surface area contributed by atoms with Crippen molar-refractivity contribution in [2.75, 3.05) is 7.11 Å². The summed E-state index contributed by atoms with van der Waals surface area (Å²) in [5, 5.41) is 4.38. The van der Waals surface area contributed by atoms with Crippen LogP contribution in [0.5, 0.6) is 11.5 Å². The van der Waals surface area contributed by atoms with Gasteiger partial charge in [-0.2, -0.15) is 0 Å². The Labute approximate surface area is 207 Å². The van der Waals surface area contributed by atoms with Crippen molar-refractivity contribution in [3.63, 3.8) is 0 Å². The molecule has 184 valence electrons. The Morgan fingerprint density at radius 1 is 1.03 bits per heavy atom. The Morgan fingerprint density at radius 2 is 1.63 bits per heavy atom. The smallest absolute Gasteiger partial charge is 0.408 e. The average molecular weight is 499 g/mol. The van der Waals surface area contributed by atoms with E-state index in [4.69, 9.17) is 14.2 Å². The van der Waals surface area contributed by atoms with Crippen LogP contribution >= 0.6 is 11.8 Å². The first kappa shape index (κ1) is 25.8. The first-order valence-corrected chi connectivity index (χ1v) is 11.5. The summed E-state index contributed by atoms with van der Waals surface area (Å²) >= 11 is 0.860. The highest BCUT2D eigenvalue weighted by atomic mass is 32.2. The summed E-state index contributed by atoms with van der Waals surface area (Å²) in [6.07, 6.45) is 1.14. The van der Waals surface area contributed by atoms with Crippen molar-refractivity contribution in [1.29, 1.82) is 0 Å². The number of carbonyl (C=O) groups excluding carboxylic acids is 4. The van der Waals surface area contributed by atoms with Crippen LogP contribution in [0.15, 0.2) is 53.4 Å². The molecule has 0 unspecified atom stereocenters. The number of rotatable bonds is 7. The molecule has 1 aliphatic rings. The summed E-state index contributed by atoms with van der Waals surface area (Å²) in [5.74, 6) is 0.171. The number of thioether (sulfide) groups is 1. The van der Waals surface area contributed by atoms with Gasteiger partial charge in [0.1, 0.15) is 23.1 Å². The Hall–Kier alpha value is -3.79. The molecule has 0 saturated carbocycles. The van der Waals surface area contributed by atoms with Gasteiger partial charge in [0.15, 0.2) is 0 Å². The number of benzene rings is 2. The lowest BCUT2D eigenvalue weighted by Gasteiger charge is -2.22. The van der Waals surface area contributed by atoms with Crippen molar-refractivity contribution in [3.05, 3.63) is 64.6 Å². The lowest BCUT2D eigenvalue weighted by Crippen LogP contribution is -2.45. The van der Waals surface area contributed by atoms with Crippen LogP contribution in [-0.4, -0.2) is 42.0 Å². The number of carbonyl (C=O) groups is 4. The van der Waals surface area contributed by atoms with Crippen LogP contribution in [0.1, 0.15) is 31.9 Å². The number of esters is 1. The summed E-state index contributed by atoms with van der Waals surface area (Å²) in [7, 11) is 1.26. The summed E-state index contributed by atoms with van der Waals surface area (Å²) in [5.41, 5.74) is 0.848. The molecule has 1 atom stereocenters. The van der Waals surface area contributed by atoms with Crippen LogP contribution in [-0.2, 0) is 25.5 Å². The van der Waals surface area contributed by atoms with Gasteiger partial charge < -0.3 is 19.5 Å². The highest BCUT2D eigenvalue weighted by molar-refractivity contribution is 8.18. The second-order valence-corrected chi connectivity index (χ2v) is 9.61. The molecule has 2 aromatic rings. The van der Waals surface area contributed by atoms with Crippen molar-refractivity contribution in [2.45, 2.75) is 38.8 Å². The third-order valence-electron chi connectivity index (χ3n) is 4.60. The fourth-order valence-corrected chi connectivity index (χ4v) is 3.74. The standard InChI is InChI=1S/C25H26N2O7S/c1-25(2,3)34-23(30)26-19(22(29)32-4)13-15-5-9-17(10-6-15)33-18-11-7-16(8-12-18)14-20-21(28)27-24(31)35-20/h5-12,14,19H,13H2,1-4H3,(H,26,30)(H,27,28,31)/t19-/m0/s1. The second kappa shape index (κ2) is 11.1. The van der Waals surface area contributed by atoms with E-state index in [1.807, 2.05) is 0 Å². The number of hydrogen-bond donors (Lipinski definition) is 2. The third-order valence-corrected chi connectivity index (χ3v) is 5.41. The minimum atomic E-state index is -0.904. The summed E-state index contributed by atoms with van der Waals surface area (Å²) in [6.45, 7) is 5.20. The SMILES string of the molecule is COC(=O)[C@H](Cc1ccc(Oc2ccc(C=C3SC(=O)NC3=O)cc2)cc1)NC(=O)OC(C)(C)C. The van der Waals surface area contributed by atoms with Gasteiger partial charge in [-0.1, -0.05) is 24.3 Å². The van der Waals surface area contributed by atoms with Crippen molar-refractivity contribution in [3.8, 4) is 11.5 Å². The molecule has 3 amide bonds. The molecule has 2 aromatic carbocycles. The van der Waals surface area contributed by atoms with Gasteiger partial charge in [-0.3, -0.25) is 14.9 Å². The number of ether oxygens (including phenoxy) is 3. The van der Waals surface area contributed by atoms with Crippen LogP contribution in [0.4, 0.5) is 9.59 Å². The topological polar surface area (TPSA) is 120 Å². The highest BCUT2D eigenvalue weighted by Gasteiger charge is 2.26. The number of alkyl carbamates (subject to hydrolysis) is 1. The first-order valence-electron chi connectivity index (χ1n) is 10.7. The summed E-state index contributed by atoms with van der Waals surface area (Å²) < 4.78 is 15.9. The van der Waals surface area contributed by atoms with Gasteiger partial charge in [-0.05, 0) is 74.0 Å². The van der Waals surface area contributed by atoms with Crippen LogP contribution < -0.4 is 15.4 Å². The van der Waals surface area contributed by atoms with E-state index < -0.39 is 29.6 Å². The van der Waals surface area contributed by atoms with E-state index in [1.165, 1.54) is 7.11 Å². The van der Waals surface area contributed by atoms with Gasteiger partial charge in [0, 0.05) is 6.42 Å². The van der Waals surface area contributed by atoms with E-state index >= 15 is 0 Å². The maximum Gasteiger partial charge on any atom is 0.408 e. The second-order valence-electron chi connectivity index (χ2n) is 8.59. The van der Waals surface area contributed by atoms with Crippen molar-refractivity contribution >= 4 is 41.0 Å². The Balaban J connectivity index is 1.61. The Morgan fingerprint density at radius 3 is 2.14 bits per heavy atom. The molecule has 0 spiro atoms. The van der Waals surface area contributed by atoms with E-state index in [-0.39, 0.29) is 11.7 Å². The maximum atomic E-state index is 12.1. The molecule has 0 radical (unpaired) electrons. The maximum absolute atomic E-state index is 12.1. The minimum Gasteiger partial charge on any atom is -0.467 e. The predicted octanol–water partition coefficient (Wildman–Crippen LogP) is 4.41. The molecule has 0 aromatic heterocycles. The highest BCUT2D eigenvalue weighted by Crippen LogP contribution is 2.27. The fraction of sp³-hybridized carbons (Fsp3) is 0.280. The molecule has 1 fully saturated rings. The van der Waals surface area contributed by atoms with Crippen molar-refractivity contribution < 1.29 is 33.4 Å². The largest absolute Gasteiger partial charge is 0.467 e. The molecule has 1 heterocycles. The van der Waals surface area contributed by atoms with Crippen LogP contribution in [0.3, 0.4) is 0 Å². The molecule has 2 N–H and O–H groups in total. The lowest BCUT2D eigenvalue weighted by molar-refractivity contribution is -0.143. The number of nitrogens with one attached hydrogen (secondary N) is 2. The molecule has 1 saturated heterocycles. The normalized spacial score (nSPS) is 15.4. The van der Waals surface area contributed by atoms with Crippen molar-refractivity contribution in [2.24, 2.45) is 0 Å². The van der Waals surface area contributed by atoms with E-state index in [2.05, 4.69) is 10.6 Å². The average Bonchev–Trinajstić information content (AvgIpc) is 3.10. The quantitative estimate of drug-likeness (QED) is 0.425. The fourth-order valence-electron chi connectivity index (χ4n) is 3.06. The third kappa shape index (κ3) is 7.89. The van der Waals surface area contributed by atoms with Crippen molar-refractivity contribution in [1.82, 2.24) is 10.6 Å². The zero-order valence-corrected chi connectivity index (χ0v) is 20.6. The van der Waals surface area contributed by atoms with Gasteiger partial charge >= 0.3 is 12.1 Å². The summed E-state index contributed by atoms with van der Waals surface area (Å²) in [4.78, 5) is 47.5. The molecule has 10 heteroatoms. The van der Waals surface area contributed by atoms with Crippen LogP contribution in [0.2, 0.25) is 0 Å². The molecule has 35 heavy (non-hydrogen) atoms. The lowest BCUT2D eigenvalue weighted by atomic mass is 10.1. The minimum absolute atomic E-state index is 0.212. The monoisotopic (exact) mass is 498 g/mol. The van der Waals surface area contributed by atoms with E-state index in [0.29, 0.717) is 16.4 Å². The molecule has 3 rings (SSSR count). The predicted molar refractivity (Wildman–Crippen MR) is 131 cm³/mol. The first-order chi connectivity index (χ1) is 16.5. The zero-order valence-electron chi connectivity index (χ0n) is 19.7. The zero-order chi connectivity index (χ0) is 25.6. The molecular formula is C25H26N2O7S. The van der Waals surface area contributed by atoms with E-state index in [0.717, 1.165) is 22.9 Å². The summed E-state index contributed by atoms with van der Waals surface area (Å²) in [6, 6.07) is 13.2. The molecule has 1 aliphatic heterocycles. The van der Waals surface area contributed by atoms with Gasteiger partial charge in [-0.15, -0.1) is 0 Å².